The van der Waals surface area contributed by atoms with Crippen LogP contribution in [-0.2, 0) is 10.2 Å². The molecule has 5 heteroatoms. The van der Waals surface area contributed by atoms with Gasteiger partial charge in [0.25, 0.3) is 0 Å². The van der Waals surface area contributed by atoms with Crippen molar-refractivity contribution >= 4 is 17.7 Å². The molecule has 3 nitrogen and oxygen atoms in total. The molecule has 2 aromatic carbocycles. The minimum absolute atomic E-state index is 0.0613. The van der Waals surface area contributed by atoms with Crippen LogP contribution in [0, 0.1) is 5.82 Å². The lowest BCUT2D eigenvalue weighted by molar-refractivity contribution is -0.119. The summed E-state index contributed by atoms with van der Waals surface area (Å²) >= 11 is 1.44. The summed E-state index contributed by atoms with van der Waals surface area (Å²) in [6, 6.07) is 13.9. The number of nitrogens with one attached hydrogen (secondary N) is 1. The molecule has 0 saturated carbocycles. The highest BCUT2D eigenvalue weighted by Crippen LogP contribution is 2.25. The summed E-state index contributed by atoms with van der Waals surface area (Å²) in [5.41, 5.74) is 1.80. The molecule has 2 aromatic rings. The van der Waals surface area contributed by atoms with Crippen molar-refractivity contribution in [1.82, 2.24) is 5.32 Å². The first kappa shape index (κ1) is 19.5. The van der Waals surface area contributed by atoms with Crippen LogP contribution in [0.5, 0.6) is 0 Å². The normalized spacial score (nSPS) is 12.7. The second kappa shape index (κ2) is 8.50. The minimum Gasteiger partial charge on any atom is -0.387 e. The first-order valence-electron chi connectivity index (χ1n) is 8.19. The van der Waals surface area contributed by atoms with Crippen molar-refractivity contribution in [3.8, 4) is 0 Å². The number of hydrogen-bond acceptors (Lipinski definition) is 3. The molecule has 2 N–H and O–H groups in total. The van der Waals surface area contributed by atoms with Crippen LogP contribution in [0.25, 0.3) is 0 Å². The first-order valence-corrected chi connectivity index (χ1v) is 9.18. The van der Waals surface area contributed by atoms with Crippen LogP contribution in [0.4, 0.5) is 4.39 Å². The third-order valence-electron chi connectivity index (χ3n) is 3.82. The molecule has 2 rings (SSSR count). The summed E-state index contributed by atoms with van der Waals surface area (Å²) in [6.07, 6.45) is -0.921. The van der Waals surface area contributed by atoms with Gasteiger partial charge in [0.2, 0.25) is 5.91 Å². The lowest BCUT2D eigenvalue weighted by Crippen LogP contribution is -2.29. The quantitative estimate of drug-likeness (QED) is 0.763. The molecule has 0 aliphatic rings. The van der Waals surface area contributed by atoms with Crippen molar-refractivity contribution in [2.24, 2.45) is 0 Å². The molecule has 0 fully saturated rings. The number of hydrogen-bond donors (Lipinski definition) is 2. The van der Waals surface area contributed by atoms with E-state index < -0.39 is 11.9 Å². The highest BCUT2D eigenvalue weighted by molar-refractivity contribution is 8.00. The van der Waals surface area contributed by atoms with Gasteiger partial charge in [0.1, 0.15) is 5.82 Å². The maximum Gasteiger partial charge on any atom is 0.230 e. The third-order valence-corrected chi connectivity index (χ3v) is 4.83. The fourth-order valence-electron chi connectivity index (χ4n) is 2.29. The number of thioether (sulfide) groups is 1. The summed E-state index contributed by atoms with van der Waals surface area (Å²) in [5, 5.41) is 12.7. The van der Waals surface area contributed by atoms with E-state index in [2.05, 4.69) is 38.2 Å². The van der Waals surface area contributed by atoms with Gasteiger partial charge in [-0.25, -0.2) is 4.39 Å². The van der Waals surface area contributed by atoms with E-state index in [1.165, 1.54) is 35.5 Å². The minimum atomic E-state index is -0.921. The van der Waals surface area contributed by atoms with Crippen LogP contribution in [0.3, 0.4) is 0 Å². The Morgan fingerprint density at radius 3 is 2.48 bits per heavy atom. The number of carbonyl (C=O) groups is 1. The van der Waals surface area contributed by atoms with Gasteiger partial charge in [0.05, 0.1) is 11.9 Å². The Bertz CT molecular complexity index is 710. The van der Waals surface area contributed by atoms with Crippen LogP contribution in [-0.4, -0.2) is 23.3 Å². The Kier molecular flexibility index (Phi) is 6.62. The molecule has 0 bridgehead atoms. The number of aliphatic hydroxyl groups excluding tert-OH is 1. The summed E-state index contributed by atoms with van der Waals surface area (Å²) in [5.74, 6) is -0.303. The highest BCUT2D eigenvalue weighted by Gasteiger charge is 2.13. The SMILES string of the molecule is CC(C)(C)c1ccc(SCC(=O)NCC(O)c2cccc(F)c2)cc1. The van der Waals surface area contributed by atoms with Crippen molar-refractivity contribution in [1.29, 1.82) is 0 Å². The van der Waals surface area contributed by atoms with Gasteiger partial charge in [0, 0.05) is 11.4 Å². The van der Waals surface area contributed by atoms with Crippen molar-refractivity contribution in [3.05, 3.63) is 65.5 Å². The number of halogens is 1. The monoisotopic (exact) mass is 361 g/mol. The van der Waals surface area contributed by atoms with E-state index in [0.29, 0.717) is 5.56 Å². The average Bonchev–Trinajstić information content (AvgIpc) is 2.57. The zero-order valence-corrected chi connectivity index (χ0v) is 15.6. The lowest BCUT2D eigenvalue weighted by atomic mass is 9.87. The Morgan fingerprint density at radius 1 is 1.20 bits per heavy atom. The van der Waals surface area contributed by atoms with Gasteiger partial charge in [-0.05, 0) is 40.8 Å². The number of rotatable bonds is 6. The summed E-state index contributed by atoms with van der Waals surface area (Å²) in [4.78, 5) is 13.0. The summed E-state index contributed by atoms with van der Waals surface area (Å²) in [6.45, 7) is 6.54. The first-order chi connectivity index (χ1) is 11.8. The number of aliphatic hydroxyl groups is 1. The van der Waals surface area contributed by atoms with E-state index in [4.69, 9.17) is 0 Å². The van der Waals surface area contributed by atoms with Crippen molar-refractivity contribution < 1.29 is 14.3 Å². The molecule has 0 aromatic heterocycles. The van der Waals surface area contributed by atoms with E-state index in [-0.39, 0.29) is 23.6 Å². The van der Waals surface area contributed by atoms with Gasteiger partial charge in [-0.3, -0.25) is 4.79 Å². The zero-order chi connectivity index (χ0) is 18.4. The molecule has 0 heterocycles. The molecule has 0 radical (unpaired) electrons. The smallest absolute Gasteiger partial charge is 0.230 e. The van der Waals surface area contributed by atoms with Crippen LogP contribution in [0.1, 0.15) is 38.0 Å². The van der Waals surface area contributed by atoms with E-state index >= 15 is 0 Å². The molecular formula is C20H24FNO2S. The maximum absolute atomic E-state index is 13.1. The fraction of sp³-hybridized carbons (Fsp3) is 0.350. The van der Waals surface area contributed by atoms with Crippen LogP contribution in [0.15, 0.2) is 53.4 Å². The van der Waals surface area contributed by atoms with Gasteiger partial charge in [-0.1, -0.05) is 45.0 Å². The molecule has 1 unspecified atom stereocenters. The van der Waals surface area contributed by atoms with Crippen molar-refractivity contribution in [2.75, 3.05) is 12.3 Å². The molecule has 134 valence electrons. The van der Waals surface area contributed by atoms with Crippen LogP contribution < -0.4 is 5.32 Å². The number of carbonyl (C=O) groups excluding carboxylic acids is 1. The Balaban J connectivity index is 1.79. The molecule has 1 amide bonds. The van der Waals surface area contributed by atoms with Crippen LogP contribution in [0.2, 0.25) is 0 Å². The van der Waals surface area contributed by atoms with Gasteiger partial charge in [-0.2, -0.15) is 0 Å². The topological polar surface area (TPSA) is 49.3 Å². The fourth-order valence-corrected chi connectivity index (χ4v) is 3.02. The van der Waals surface area contributed by atoms with Gasteiger partial charge < -0.3 is 10.4 Å². The van der Waals surface area contributed by atoms with Crippen LogP contribution >= 0.6 is 11.8 Å². The van der Waals surface area contributed by atoms with Crippen molar-refractivity contribution in [2.45, 2.75) is 37.2 Å². The highest BCUT2D eigenvalue weighted by atomic mass is 32.2. The molecule has 0 aliphatic carbocycles. The zero-order valence-electron chi connectivity index (χ0n) is 14.8. The van der Waals surface area contributed by atoms with E-state index in [1.54, 1.807) is 6.07 Å². The average molecular weight is 361 g/mol. The second-order valence-corrected chi connectivity index (χ2v) is 7.99. The lowest BCUT2D eigenvalue weighted by Gasteiger charge is -2.19. The second-order valence-electron chi connectivity index (χ2n) is 6.94. The van der Waals surface area contributed by atoms with Gasteiger partial charge in [0.15, 0.2) is 0 Å². The Labute approximate surface area is 152 Å². The summed E-state index contributed by atoms with van der Waals surface area (Å²) in [7, 11) is 0. The molecule has 25 heavy (non-hydrogen) atoms. The van der Waals surface area contributed by atoms with Crippen molar-refractivity contribution in [3.63, 3.8) is 0 Å². The van der Waals surface area contributed by atoms with Gasteiger partial charge in [-0.15, -0.1) is 11.8 Å². The van der Waals surface area contributed by atoms with E-state index in [9.17, 15) is 14.3 Å². The predicted molar refractivity (Wildman–Crippen MR) is 100 cm³/mol. The standard InChI is InChI=1S/C20H24FNO2S/c1-20(2,3)15-7-9-17(10-8-15)25-13-19(24)22-12-18(23)14-5-4-6-16(21)11-14/h4-11,18,23H,12-13H2,1-3H3,(H,22,24). The van der Waals surface area contributed by atoms with E-state index in [0.717, 1.165) is 4.90 Å². The molecule has 0 saturated heterocycles. The maximum atomic E-state index is 13.1. The molecule has 1 atom stereocenters. The molecular weight excluding hydrogens is 337 g/mol. The third kappa shape index (κ3) is 6.18. The Morgan fingerprint density at radius 2 is 1.88 bits per heavy atom. The Hall–Kier alpha value is -1.85. The van der Waals surface area contributed by atoms with Gasteiger partial charge >= 0.3 is 0 Å². The largest absolute Gasteiger partial charge is 0.387 e. The summed E-state index contributed by atoms with van der Waals surface area (Å²) < 4.78 is 13.1. The van der Waals surface area contributed by atoms with E-state index in [1.807, 2.05) is 12.1 Å². The number of amides is 1. The predicted octanol–water partition coefficient (Wildman–Crippen LogP) is 4.07. The molecule has 0 spiro atoms. The number of benzene rings is 2. The molecule has 0 aliphatic heterocycles.